The van der Waals surface area contributed by atoms with Crippen molar-refractivity contribution in [3.8, 4) is 0 Å². The third-order valence-electron chi connectivity index (χ3n) is 1.97. The lowest BCUT2D eigenvalue weighted by atomic mass is 10.4. The summed E-state index contributed by atoms with van der Waals surface area (Å²) < 4.78 is 10.6. The maximum atomic E-state index is 11.7. The van der Waals surface area contributed by atoms with Crippen LogP contribution in [-0.4, -0.2) is 41.9 Å². The minimum atomic E-state index is -0.462. The Morgan fingerprint density at radius 3 is 2.61 bits per heavy atom. The van der Waals surface area contributed by atoms with Crippen molar-refractivity contribution in [1.29, 1.82) is 0 Å². The van der Waals surface area contributed by atoms with E-state index in [1.165, 1.54) is 12.4 Å². The van der Waals surface area contributed by atoms with Crippen LogP contribution in [0.25, 0.3) is 0 Å². The van der Waals surface area contributed by atoms with Crippen molar-refractivity contribution in [1.82, 2.24) is 15.3 Å². The summed E-state index contributed by atoms with van der Waals surface area (Å²) in [6, 6.07) is 0. The van der Waals surface area contributed by atoms with Crippen molar-refractivity contribution >= 4 is 17.5 Å². The first kappa shape index (κ1) is 14.8. The largest absolute Gasteiger partial charge is 0.351 e. The lowest BCUT2D eigenvalue weighted by molar-refractivity contribution is -0.131. The molecule has 7 heteroatoms. The molecule has 18 heavy (non-hydrogen) atoms. The zero-order valence-corrected chi connectivity index (χ0v) is 11.1. The van der Waals surface area contributed by atoms with Gasteiger partial charge in [0, 0.05) is 13.2 Å². The average molecular weight is 274 g/mol. The fraction of sp³-hybridized carbons (Fsp3) is 0.545. The minimum Gasteiger partial charge on any atom is -0.351 e. The Balaban J connectivity index is 2.49. The number of hydrogen-bond acceptors (Lipinski definition) is 5. The van der Waals surface area contributed by atoms with E-state index in [4.69, 9.17) is 21.1 Å². The smallest absolute Gasteiger partial charge is 0.271 e. The van der Waals surface area contributed by atoms with Gasteiger partial charge in [-0.2, -0.15) is 0 Å². The summed E-state index contributed by atoms with van der Waals surface area (Å²) >= 11 is 5.65. The lowest BCUT2D eigenvalue weighted by Crippen LogP contribution is -2.35. The number of aromatic nitrogens is 2. The molecule has 0 saturated carbocycles. The van der Waals surface area contributed by atoms with Crippen LogP contribution in [0.5, 0.6) is 0 Å². The Kier molecular flexibility index (Phi) is 6.56. The molecule has 0 aromatic carbocycles. The molecule has 0 aliphatic rings. The molecule has 1 aromatic heterocycles. The van der Waals surface area contributed by atoms with E-state index in [9.17, 15) is 4.79 Å². The van der Waals surface area contributed by atoms with Gasteiger partial charge in [0.25, 0.3) is 5.91 Å². The summed E-state index contributed by atoms with van der Waals surface area (Å²) in [5.74, 6) is -0.366. The highest BCUT2D eigenvalue weighted by Crippen LogP contribution is 2.02. The van der Waals surface area contributed by atoms with Crippen LogP contribution in [0.2, 0.25) is 5.15 Å². The zero-order chi connectivity index (χ0) is 13.4. The van der Waals surface area contributed by atoms with Gasteiger partial charge in [-0.1, -0.05) is 11.6 Å². The maximum Gasteiger partial charge on any atom is 0.271 e. The lowest BCUT2D eigenvalue weighted by Gasteiger charge is -2.17. The number of nitrogens with zero attached hydrogens (tertiary/aromatic N) is 2. The monoisotopic (exact) mass is 273 g/mol. The molecule has 0 aliphatic carbocycles. The minimum absolute atomic E-state index is 0.161. The fourth-order valence-electron chi connectivity index (χ4n) is 1.26. The third-order valence-corrected chi connectivity index (χ3v) is 2.15. The van der Waals surface area contributed by atoms with Gasteiger partial charge in [-0.3, -0.25) is 9.78 Å². The van der Waals surface area contributed by atoms with Crippen molar-refractivity contribution in [3.05, 3.63) is 23.2 Å². The SMILES string of the molecule is CCOC(CNC(=O)c1cncc(Cl)n1)OCC. The van der Waals surface area contributed by atoms with Gasteiger partial charge in [0.15, 0.2) is 6.29 Å². The molecule has 1 heterocycles. The predicted molar refractivity (Wildman–Crippen MR) is 66.4 cm³/mol. The Bertz CT molecular complexity index is 384. The molecular formula is C11H16ClN3O3. The van der Waals surface area contributed by atoms with E-state index in [-0.39, 0.29) is 23.3 Å². The van der Waals surface area contributed by atoms with Crippen molar-refractivity contribution in [3.63, 3.8) is 0 Å². The molecule has 0 saturated heterocycles. The number of hydrogen-bond donors (Lipinski definition) is 1. The first-order valence-electron chi connectivity index (χ1n) is 5.66. The molecule has 0 atom stereocenters. The van der Waals surface area contributed by atoms with Crippen LogP contribution in [0.1, 0.15) is 24.3 Å². The molecule has 1 aromatic rings. The second kappa shape index (κ2) is 7.97. The topological polar surface area (TPSA) is 73.3 Å². The van der Waals surface area contributed by atoms with Crippen molar-refractivity contribution in [2.45, 2.75) is 20.1 Å². The van der Waals surface area contributed by atoms with E-state index in [0.29, 0.717) is 13.2 Å². The van der Waals surface area contributed by atoms with Crippen LogP contribution < -0.4 is 5.32 Å². The van der Waals surface area contributed by atoms with E-state index in [1.807, 2.05) is 13.8 Å². The molecule has 0 unspecified atom stereocenters. The van der Waals surface area contributed by atoms with Crippen LogP contribution in [-0.2, 0) is 9.47 Å². The highest BCUT2D eigenvalue weighted by atomic mass is 35.5. The van der Waals surface area contributed by atoms with Crippen molar-refractivity contribution < 1.29 is 14.3 Å². The van der Waals surface area contributed by atoms with E-state index < -0.39 is 6.29 Å². The molecule has 0 fully saturated rings. The first-order valence-corrected chi connectivity index (χ1v) is 6.04. The highest BCUT2D eigenvalue weighted by molar-refractivity contribution is 6.29. The summed E-state index contributed by atoms with van der Waals surface area (Å²) in [6.07, 6.45) is 2.25. The summed E-state index contributed by atoms with van der Waals surface area (Å²) in [5, 5.41) is 2.82. The zero-order valence-electron chi connectivity index (χ0n) is 10.4. The molecule has 0 spiro atoms. The predicted octanol–water partition coefficient (Wildman–Crippen LogP) is 1.26. The fourth-order valence-corrected chi connectivity index (χ4v) is 1.40. The van der Waals surface area contributed by atoms with E-state index >= 15 is 0 Å². The Hall–Kier alpha value is -1.24. The van der Waals surface area contributed by atoms with Gasteiger partial charge in [0.2, 0.25) is 0 Å². The maximum absolute atomic E-state index is 11.7. The number of amides is 1. The van der Waals surface area contributed by atoms with Crippen LogP contribution in [0.15, 0.2) is 12.4 Å². The number of rotatable bonds is 7. The quantitative estimate of drug-likeness (QED) is 0.757. The van der Waals surface area contributed by atoms with Crippen LogP contribution >= 0.6 is 11.6 Å². The average Bonchev–Trinajstić information content (AvgIpc) is 2.36. The normalized spacial score (nSPS) is 10.7. The van der Waals surface area contributed by atoms with Gasteiger partial charge in [0.05, 0.1) is 18.9 Å². The molecule has 0 radical (unpaired) electrons. The number of nitrogens with one attached hydrogen (secondary N) is 1. The van der Waals surface area contributed by atoms with Crippen LogP contribution in [0.4, 0.5) is 0 Å². The van der Waals surface area contributed by atoms with Gasteiger partial charge in [-0.25, -0.2) is 4.98 Å². The molecule has 1 N–H and O–H groups in total. The molecule has 100 valence electrons. The highest BCUT2D eigenvalue weighted by Gasteiger charge is 2.12. The number of halogens is 1. The molecule has 0 bridgehead atoms. The number of ether oxygens (including phenoxy) is 2. The summed E-state index contributed by atoms with van der Waals surface area (Å²) in [7, 11) is 0. The third kappa shape index (κ3) is 4.95. The van der Waals surface area contributed by atoms with Gasteiger partial charge in [0.1, 0.15) is 10.8 Å². The number of carbonyl (C=O) groups excluding carboxylic acids is 1. The van der Waals surface area contributed by atoms with Crippen molar-refractivity contribution in [2.75, 3.05) is 19.8 Å². The van der Waals surface area contributed by atoms with Crippen LogP contribution in [0, 0.1) is 0 Å². The van der Waals surface area contributed by atoms with Crippen LogP contribution in [0.3, 0.4) is 0 Å². The Morgan fingerprint density at radius 2 is 2.06 bits per heavy atom. The van der Waals surface area contributed by atoms with Gasteiger partial charge >= 0.3 is 0 Å². The molecule has 0 aliphatic heterocycles. The van der Waals surface area contributed by atoms with Gasteiger partial charge in [-0.05, 0) is 13.8 Å². The van der Waals surface area contributed by atoms with Gasteiger partial charge in [-0.15, -0.1) is 0 Å². The van der Waals surface area contributed by atoms with E-state index in [1.54, 1.807) is 0 Å². The summed E-state index contributed by atoms with van der Waals surface area (Å²) in [5.41, 5.74) is 0.161. The standard InChI is InChI=1S/C11H16ClN3O3/c1-3-17-10(18-4-2)7-14-11(16)8-5-13-6-9(12)15-8/h5-6,10H,3-4,7H2,1-2H3,(H,14,16). The van der Waals surface area contributed by atoms with E-state index in [0.717, 1.165) is 0 Å². The molecule has 1 rings (SSSR count). The van der Waals surface area contributed by atoms with Gasteiger partial charge < -0.3 is 14.8 Å². The van der Waals surface area contributed by atoms with E-state index in [2.05, 4.69) is 15.3 Å². The second-order valence-corrected chi connectivity index (χ2v) is 3.66. The first-order chi connectivity index (χ1) is 8.67. The summed E-state index contributed by atoms with van der Waals surface area (Å²) in [6.45, 7) is 4.98. The Labute approximate surface area is 111 Å². The Morgan fingerprint density at radius 1 is 1.39 bits per heavy atom. The summed E-state index contributed by atoms with van der Waals surface area (Å²) in [4.78, 5) is 19.4. The molecule has 6 nitrogen and oxygen atoms in total. The molecular weight excluding hydrogens is 258 g/mol. The molecule has 1 amide bonds. The van der Waals surface area contributed by atoms with Crippen molar-refractivity contribution in [2.24, 2.45) is 0 Å². The second-order valence-electron chi connectivity index (χ2n) is 3.28. The number of carbonyl (C=O) groups is 1.